The number of hydrogen-bond donors (Lipinski definition) is 1. The Balaban J connectivity index is 0.00000162. The summed E-state index contributed by atoms with van der Waals surface area (Å²) >= 11 is 0. The van der Waals surface area contributed by atoms with Crippen molar-refractivity contribution in [1.29, 1.82) is 0 Å². The van der Waals surface area contributed by atoms with Crippen LogP contribution in [0.2, 0.25) is 0 Å². The summed E-state index contributed by atoms with van der Waals surface area (Å²) in [7, 11) is 3.58. The number of amides is 1. The zero-order valence-electron chi connectivity index (χ0n) is 11.2. The fourth-order valence-corrected chi connectivity index (χ4v) is 1.93. The maximum atomic E-state index is 12.3. The third-order valence-corrected chi connectivity index (χ3v) is 2.99. The molecule has 1 aromatic rings. The van der Waals surface area contributed by atoms with Crippen molar-refractivity contribution in [3.05, 3.63) is 12.4 Å². The summed E-state index contributed by atoms with van der Waals surface area (Å²) in [6.07, 6.45) is 3.38. The van der Waals surface area contributed by atoms with E-state index >= 15 is 0 Å². The summed E-state index contributed by atoms with van der Waals surface area (Å²) in [6, 6.07) is -0.283. The summed E-state index contributed by atoms with van der Waals surface area (Å²) < 4.78 is 7.15. The van der Waals surface area contributed by atoms with Crippen molar-refractivity contribution >= 4 is 36.4 Å². The van der Waals surface area contributed by atoms with Gasteiger partial charge in [0, 0.05) is 26.8 Å². The lowest BCUT2D eigenvalue weighted by molar-refractivity contribution is -0.126. The number of hydrogen-bond acceptors (Lipinski definition) is 4. The number of ether oxygens (including phenoxy) is 1. The van der Waals surface area contributed by atoms with E-state index in [0.29, 0.717) is 13.2 Å². The van der Waals surface area contributed by atoms with Gasteiger partial charge in [-0.05, 0) is 6.92 Å². The number of nitrogens with zero attached hydrogens (tertiary/aromatic N) is 3. The molecule has 2 rings (SSSR count). The van der Waals surface area contributed by atoms with Gasteiger partial charge < -0.3 is 15.0 Å². The van der Waals surface area contributed by atoms with Crippen LogP contribution >= 0.6 is 24.8 Å². The van der Waals surface area contributed by atoms with Crippen LogP contribution in [-0.4, -0.2) is 48.0 Å². The second-order valence-electron chi connectivity index (χ2n) is 4.28. The molecule has 19 heavy (non-hydrogen) atoms. The number of carbonyl (C=O) groups is 1. The number of carbonyl (C=O) groups excluding carboxylic acids is 1. The Hall–Kier alpha value is -0.820. The number of aromatic nitrogens is 2. The Bertz CT molecular complexity index is 413. The maximum absolute atomic E-state index is 12.3. The fraction of sp³-hybridized carbons (Fsp3) is 0.636. The predicted octanol–water partition coefficient (Wildman–Crippen LogP) is 0.603. The zero-order valence-corrected chi connectivity index (χ0v) is 12.8. The SMILES string of the molecule is C[C@H]1OCCN[C@@H]1C(=O)N(C)c1cnn(C)c1.Cl.Cl. The number of likely N-dealkylation sites (N-methyl/N-ethyl adjacent to an activating group) is 1. The van der Waals surface area contributed by atoms with Crippen LogP contribution in [0.3, 0.4) is 0 Å². The summed E-state index contributed by atoms with van der Waals surface area (Å²) in [5, 5.41) is 7.24. The lowest BCUT2D eigenvalue weighted by atomic mass is 10.1. The molecule has 0 spiro atoms. The van der Waals surface area contributed by atoms with E-state index < -0.39 is 0 Å². The summed E-state index contributed by atoms with van der Waals surface area (Å²) in [5.41, 5.74) is 0.789. The monoisotopic (exact) mass is 310 g/mol. The molecule has 0 aliphatic carbocycles. The molecule has 1 N–H and O–H groups in total. The van der Waals surface area contributed by atoms with E-state index in [4.69, 9.17) is 4.74 Å². The van der Waals surface area contributed by atoms with Crippen LogP contribution in [0.1, 0.15) is 6.92 Å². The van der Waals surface area contributed by atoms with Gasteiger partial charge in [-0.2, -0.15) is 5.10 Å². The minimum atomic E-state index is -0.283. The number of halogens is 2. The van der Waals surface area contributed by atoms with Crippen LogP contribution in [0, 0.1) is 0 Å². The van der Waals surface area contributed by atoms with Crippen molar-refractivity contribution in [2.75, 3.05) is 25.1 Å². The maximum Gasteiger partial charge on any atom is 0.246 e. The Morgan fingerprint density at radius 2 is 2.26 bits per heavy atom. The van der Waals surface area contributed by atoms with Gasteiger partial charge in [-0.25, -0.2) is 0 Å². The van der Waals surface area contributed by atoms with Crippen molar-refractivity contribution in [3.8, 4) is 0 Å². The molecule has 6 nitrogen and oxygen atoms in total. The van der Waals surface area contributed by atoms with Crippen LogP contribution in [0.15, 0.2) is 12.4 Å². The molecule has 1 aliphatic rings. The van der Waals surface area contributed by atoms with Crippen molar-refractivity contribution in [1.82, 2.24) is 15.1 Å². The van der Waals surface area contributed by atoms with Crippen molar-refractivity contribution < 1.29 is 9.53 Å². The standard InChI is InChI=1S/C11H18N4O2.2ClH/c1-8-10(12-4-5-17-8)11(16)15(3)9-6-13-14(2)7-9;;/h6-8,10,12H,4-5H2,1-3H3;2*1H/t8-,10+;;/m1../s1. The molecule has 8 heteroatoms. The van der Waals surface area contributed by atoms with Crippen LogP contribution in [0.4, 0.5) is 5.69 Å². The normalized spacial score (nSPS) is 22.1. The highest BCUT2D eigenvalue weighted by Gasteiger charge is 2.31. The van der Waals surface area contributed by atoms with Crippen LogP contribution in [0.5, 0.6) is 0 Å². The molecule has 2 heterocycles. The van der Waals surface area contributed by atoms with Gasteiger partial charge in [0.15, 0.2) is 0 Å². The van der Waals surface area contributed by atoms with Crippen molar-refractivity contribution in [3.63, 3.8) is 0 Å². The Morgan fingerprint density at radius 3 is 2.79 bits per heavy atom. The molecule has 1 amide bonds. The van der Waals surface area contributed by atoms with Gasteiger partial charge in [-0.15, -0.1) is 24.8 Å². The highest BCUT2D eigenvalue weighted by Crippen LogP contribution is 2.14. The van der Waals surface area contributed by atoms with Gasteiger partial charge in [0.05, 0.1) is 24.6 Å². The average Bonchev–Trinajstić information content (AvgIpc) is 2.75. The molecule has 0 bridgehead atoms. The predicted molar refractivity (Wildman–Crippen MR) is 78.3 cm³/mol. The highest BCUT2D eigenvalue weighted by molar-refractivity contribution is 5.97. The van der Waals surface area contributed by atoms with Crippen LogP contribution in [-0.2, 0) is 16.6 Å². The van der Waals surface area contributed by atoms with Crippen LogP contribution < -0.4 is 10.2 Å². The summed E-state index contributed by atoms with van der Waals surface area (Å²) in [6.45, 7) is 3.27. The molecule has 0 unspecified atom stereocenters. The molecule has 0 radical (unpaired) electrons. The fourth-order valence-electron chi connectivity index (χ4n) is 1.93. The molecule has 0 aromatic carbocycles. The first kappa shape index (κ1) is 18.2. The van der Waals surface area contributed by atoms with Gasteiger partial charge in [0.1, 0.15) is 6.04 Å². The van der Waals surface area contributed by atoms with Crippen molar-refractivity contribution in [2.24, 2.45) is 7.05 Å². The largest absolute Gasteiger partial charge is 0.375 e. The van der Waals surface area contributed by atoms with Gasteiger partial charge >= 0.3 is 0 Å². The van der Waals surface area contributed by atoms with E-state index in [1.165, 1.54) is 0 Å². The number of nitrogens with one attached hydrogen (secondary N) is 1. The van der Waals surface area contributed by atoms with Gasteiger partial charge in [0.25, 0.3) is 0 Å². The van der Waals surface area contributed by atoms with Crippen molar-refractivity contribution in [2.45, 2.75) is 19.1 Å². The first-order chi connectivity index (χ1) is 8.09. The quantitative estimate of drug-likeness (QED) is 0.869. The van der Waals surface area contributed by atoms with E-state index in [9.17, 15) is 4.79 Å². The third-order valence-electron chi connectivity index (χ3n) is 2.99. The summed E-state index contributed by atoms with van der Waals surface area (Å²) in [4.78, 5) is 13.9. The lowest BCUT2D eigenvalue weighted by Crippen LogP contribution is -2.55. The molecule has 1 aromatic heterocycles. The van der Waals surface area contributed by atoms with E-state index in [-0.39, 0.29) is 42.9 Å². The van der Waals surface area contributed by atoms with Gasteiger partial charge in [-0.3, -0.25) is 9.48 Å². The summed E-state index contributed by atoms with van der Waals surface area (Å²) in [5.74, 6) is 0.00481. The smallest absolute Gasteiger partial charge is 0.246 e. The van der Waals surface area contributed by atoms with Crippen LogP contribution in [0.25, 0.3) is 0 Å². The third kappa shape index (κ3) is 4.07. The average molecular weight is 311 g/mol. The van der Waals surface area contributed by atoms with E-state index in [2.05, 4.69) is 10.4 Å². The molecule has 1 saturated heterocycles. The van der Waals surface area contributed by atoms with Gasteiger partial charge in [-0.1, -0.05) is 0 Å². The molecular formula is C11H20Cl2N4O2. The number of anilines is 1. The number of aryl methyl sites for hydroxylation is 1. The highest BCUT2D eigenvalue weighted by atomic mass is 35.5. The number of rotatable bonds is 2. The molecular weight excluding hydrogens is 291 g/mol. The first-order valence-electron chi connectivity index (χ1n) is 5.71. The van der Waals surface area contributed by atoms with E-state index in [1.54, 1.807) is 22.8 Å². The minimum absolute atomic E-state index is 0. The van der Waals surface area contributed by atoms with E-state index in [1.807, 2.05) is 20.2 Å². The second kappa shape index (κ2) is 7.69. The molecule has 110 valence electrons. The Labute approximate surface area is 125 Å². The topological polar surface area (TPSA) is 59.4 Å². The Morgan fingerprint density at radius 1 is 1.58 bits per heavy atom. The van der Waals surface area contributed by atoms with E-state index in [0.717, 1.165) is 5.69 Å². The molecule has 1 aliphatic heterocycles. The molecule has 0 saturated carbocycles. The zero-order chi connectivity index (χ0) is 12.4. The van der Waals surface area contributed by atoms with Gasteiger partial charge in [0.2, 0.25) is 5.91 Å². The molecule has 2 atom stereocenters. The first-order valence-corrected chi connectivity index (χ1v) is 5.71. The molecule has 1 fully saturated rings. The second-order valence-corrected chi connectivity index (χ2v) is 4.28. The Kier molecular flexibility index (Phi) is 7.36. The number of morpholine rings is 1. The lowest BCUT2D eigenvalue weighted by Gasteiger charge is -2.31. The minimum Gasteiger partial charge on any atom is -0.375 e.